The molecule has 7 heteroatoms. The molecule has 6 nitrogen and oxygen atoms in total. The lowest BCUT2D eigenvalue weighted by Gasteiger charge is -2.26. The number of carbonyl (C=O) groups is 3. The molecule has 1 aromatic heterocycles. The van der Waals surface area contributed by atoms with Crippen LogP contribution in [-0.2, 0) is 16.0 Å². The van der Waals surface area contributed by atoms with Gasteiger partial charge in [0.25, 0.3) is 5.91 Å². The number of imide groups is 1. The highest BCUT2D eigenvalue weighted by Crippen LogP contribution is 2.34. The Balaban J connectivity index is 1.61. The third-order valence-electron chi connectivity index (χ3n) is 5.16. The van der Waals surface area contributed by atoms with Gasteiger partial charge in [-0.25, -0.2) is 4.79 Å². The fraction of sp³-hybridized carbons (Fsp3) is 0.588. The number of hydrogen-bond acceptors (Lipinski definition) is 4. The lowest BCUT2D eigenvalue weighted by atomic mass is 9.98. The van der Waals surface area contributed by atoms with Crippen molar-refractivity contribution in [1.82, 2.24) is 15.1 Å². The average Bonchev–Trinajstić information content (AvgIpc) is 3.26. The summed E-state index contributed by atoms with van der Waals surface area (Å²) in [6, 6.07) is 1.61. The van der Waals surface area contributed by atoms with E-state index in [4.69, 9.17) is 0 Å². The van der Waals surface area contributed by atoms with Crippen LogP contribution in [0.4, 0.5) is 4.79 Å². The zero-order valence-corrected chi connectivity index (χ0v) is 14.9. The molecule has 0 radical (unpaired) electrons. The Kier molecular flexibility index (Phi) is 4.62. The maximum Gasteiger partial charge on any atom is 0.325 e. The van der Waals surface area contributed by atoms with Crippen molar-refractivity contribution >= 4 is 29.2 Å². The molecule has 1 saturated heterocycles. The first-order chi connectivity index (χ1) is 11.4. The van der Waals surface area contributed by atoms with Crippen LogP contribution in [0.1, 0.15) is 38.2 Å². The zero-order chi connectivity index (χ0) is 17.3. The first kappa shape index (κ1) is 17.0. The normalized spacial score (nSPS) is 20.5. The number of nitrogens with zero attached hydrogens (tertiary/aromatic N) is 2. The van der Waals surface area contributed by atoms with Crippen molar-refractivity contribution < 1.29 is 14.4 Å². The summed E-state index contributed by atoms with van der Waals surface area (Å²) in [4.78, 5) is 40.0. The van der Waals surface area contributed by atoms with Crippen molar-refractivity contribution in [2.24, 2.45) is 0 Å². The molecule has 1 aromatic rings. The van der Waals surface area contributed by atoms with Crippen molar-refractivity contribution in [3.05, 3.63) is 22.4 Å². The summed E-state index contributed by atoms with van der Waals surface area (Å²) in [6.07, 6.45) is 3.98. The Labute approximate surface area is 145 Å². The van der Waals surface area contributed by atoms with Crippen molar-refractivity contribution in [1.29, 1.82) is 0 Å². The standard InChI is InChI=1S/C17H23N3O3S/c1-12(9-13-5-8-24-11-13)19(2)14(21)10-20-15(22)17(18-16(20)23)6-3-4-7-17/h5,8,11-12H,3-4,6-7,9-10H2,1-2H3,(H,18,23)/t12-/m0/s1. The smallest absolute Gasteiger partial charge is 0.325 e. The molecule has 4 amide bonds. The van der Waals surface area contributed by atoms with Gasteiger partial charge in [0.2, 0.25) is 5.91 Å². The highest BCUT2D eigenvalue weighted by Gasteiger charge is 2.52. The molecule has 24 heavy (non-hydrogen) atoms. The minimum absolute atomic E-state index is 0.00769. The predicted octanol–water partition coefficient (Wildman–Crippen LogP) is 2.00. The summed E-state index contributed by atoms with van der Waals surface area (Å²) in [7, 11) is 1.73. The number of likely N-dealkylation sites (N-methyl/N-ethyl adjacent to an activating group) is 1. The Morgan fingerprint density at radius 2 is 2.12 bits per heavy atom. The number of nitrogens with one attached hydrogen (secondary N) is 1. The molecular weight excluding hydrogens is 326 g/mol. The van der Waals surface area contributed by atoms with E-state index in [0.717, 1.165) is 24.2 Å². The van der Waals surface area contributed by atoms with Crippen LogP contribution < -0.4 is 5.32 Å². The third kappa shape index (κ3) is 3.05. The minimum Gasteiger partial charge on any atom is -0.341 e. The van der Waals surface area contributed by atoms with E-state index in [1.54, 1.807) is 23.3 Å². The Morgan fingerprint density at radius 1 is 1.42 bits per heavy atom. The molecule has 1 aliphatic carbocycles. The van der Waals surface area contributed by atoms with Gasteiger partial charge >= 0.3 is 6.03 Å². The molecule has 1 atom stereocenters. The van der Waals surface area contributed by atoms with Gasteiger partial charge in [0.1, 0.15) is 12.1 Å². The predicted molar refractivity (Wildman–Crippen MR) is 91.7 cm³/mol. The van der Waals surface area contributed by atoms with Gasteiger partial charge in [0.15, 0.2) is 0 Å². The van der Waals surface area contributed by atoms with Crippen LogP contribution >= 0.6 is 11.3 Å². The van der Waals surface area contributed by atoms with Crippen LogP contribution in [0.2, 0.25) is 0 Å². The van der Waals surface area contributed by atoms with E-state index >= 15 is 0 Å². The average molecular weight is 349 g/mol. The van der Waals surface area contributed by atoms with Gasteiger partial charge in [-0.3, -0.25) is 14.5 Å². The maximum atomic E-state index is 12.6. The summed E-state index contributed by atoms with van der Waals surface area (Å²) in [5.41, 5.74) is 0.435. The Bertz CT molecular complexity index is 638. The van der Waals surface area contributed by atoms with Gasteiger partial charge < -0.3 is 10.2 Å². The molecule has 0 bridgehead atoms. The van der Waals surface area contributed by atoms with Crippen LogP contribution in [0.25, 0.3) is 0 Å². The van der Waals surface area contributed by atoms with Crippen LogP contribution in [0.3, 0.4) is 0 Å². The Morgan fingerprint density at radius 3 is 2.75 bits per heavy atom. The maximum absolute atomic E-state index is 12.6. The largest absolute Gasteiger partial charge is 0.341 e. The van der Waals surface area contributed by atoms with Gasteiger partial charge in [0, 0.05) is 13.1 Å². The molecule has 1 saturated carbocycles. The second-order valence-electron chi connectivity index (χ2n) is 6.80. The quantitative estimate of drug-likeness (QED) is 0.827. The summed E-state index contributed by atoms with van der Waals surface area (Å²) in [6.45, 7) is 1.79. The molecule has 130 valence electrons. The lowest BCUT2D eigenvalue weighted by molar-refractivity contribution is -0.139. The van der Waals surface area contributed by atoms with Gasteiger partial charge in [-0.1, -0.05) is 12.8 Å². The van der Waals surface area contributed by atoms with Crippen LogP contribution in [0.5, 0.6) is 0 Å². The van der Waals surface area contributed by atoms with Crippen LogP contribution in [-0.4, -0.2) is 52.8 Å². The van der Waals surface area contributed by atoms with E-state index in [0.29, 0.717) is 12.8 Å². The molecule has 1 aliphatic heterocycles. The molecular formula is C17H23N3O3S. The number of carbonyl (C=O) groups excluding carboxylic acids is 3. The summed E-state index contributed by atoms with van der Waals surface area (Å²) in [5, 5.41) is 6.88. The van der Waals surface area contributed by atoms with E-state index in [2.05, 4.69) is 10.7 Å². The molecule has 0 aromatic carbocycles. The first-order valence-corrected chi connectivity index (χ1v) is 9.28. The topological polar surface area (TPSA) is 69.7 Å². The fourth-order valence-corrected chi connectivity index (χ4v) is 4.20. The van der Waals surface area contributed by atoms with Crippen molar-refractivity contribution in [3.63, 3.8) is 0 Å². The van der Waals surface area contributed by atoms with Crippen molar-refractivity contribution in [2.45, 2.75) is 50.6 Å². The van der Waals surface area contributed by atoms with Gasteiger partial charge in [-0.2, -0.15) is 11.3 Å². The van der Waals surface area contributed by atoms with Gasteiger partial charge in [-0.05, 0) is 48.6 Å². The Hall–Kier alpha value is -1.89. The number of urea groups is 1. The molecule has 2 fully saturated rings. The summed E-state index contributed by atoms with van der Waals surface area (Å²) >= 11 is 1.63. The van der Waals surface area contributed by atoms with E-state index in [-0.39, 0.29) is 24.4 Å². The zero-order valence-electron chi connectivity index (χ0n) is 14.1. The van der Waals surface area contributed by atoms with Crippen LogP contribution in [0, 0.1) is 0 Å². The number of rotatable bonds is 5. The summed E-state index contributed by atoms with van der Waals surface area (Å²) in [5.74, 6) is -0.450. The monoisotopic (exact) mass is 349 g/mol. The number of hydrogen-bond donors (Lipinski definition) is 1. The van der Waals surface area contributed by atoms with E-state index in [1.165, 1.54) is 5.56 Å². The fourth-order valence-electron chi connectivity index (χ4n) is 3.52. The first-order valence-electron chi connectivity index (χ1n) is 8.34. The minimum atomic E-state index is -0.752. The van der Waals surface area contributed by atoms with Gasteiger partial charge in [-0.15, -0.1) is 0 Å². The highest BCUT2D eigenvalue weighted by atomic mass is 32.1. The highest BCUT2D eigenvalue weighted by molar-refractivity contribution is 7.07. The van der Waals surface area contributed by atoms with E-state index in [1.807, 2.05) is 18.4 Å². The SMILES string of the molecule is C[C@@H](Cc1ccsc1)N(C)C(=O)CN1C(=O)NC2(CCCC2)C1=O. The third-order valence-corrected chi connectivity index (χ3v) is 5.89. The van der Waals surface area contributed by atoms with Gasteiger partial charge in [0.05, 0.1) is 0 Å². The van der Waals surface area contributed by atoms with Crippen LogP contribution in [0.15, 0.2) is 16.8 Å². The second-order valence-corrected chi connectivity index (χ2v) is 7.58. The molecule has 1 spiro atoms. The van der Waals surface area contributed by atoms with E-state index in [9.17, 15) is 14.4 Å². The molecule has 0 unspecified atom stereocenters. The van der Waals surface area contributed by atoms with Crippen molar-refractivity contribution in [3.8, 4) is 0 Å². The lowest BCUT2D eigenvalue weighted by Crippen LogP contribution is -2.47. The number of thiophene rings is 1. The van der Waals surface area contributed by atoms with E-state index < -0.39 is 11.6 Å². The molecule has 2 aliphatic rings. The molecule has 1 N–H and O–H groups in total. The molecule has 3 rings (SSSR count). The second kappa shape index (κ2) is 6.55. The summed E-state index contributed by atoms with van der Waals surface area (Å²) < 4.78 is 0. The number of amides is 4. The molecule has 2 heterocycles. The van der Waals surface area contributed by atoms with Crippen molar-refractivity contribution in [2.75, 3.05) is 13.6 Å².